The lowest BCUT2D eigenvalue weighted by Crippen LogP contribution is -2.39. The molecular formula is C12H16N2O2. The van der Waals surface area contributed by atoms with E-state index >= 15 is 0 Å². The standard InChI is InChI=1S/C12H16N2O2/c1-9(15)11(16)14-8-12(2,3)10-5-4-6-13-7-10/h4-7H,8H2,1-3H3,(H,14,16). The normalized spacial score (nSPS) is 10.9. The van der Waals surface area contributed by atoms with Crippen molar-refractivity contribution in [2.24, 2.45) is 0 Å². The van der Waals surface area contributed by atoms with Crippen molar-refractivity contribution in [1.29, 1.82) is 0 Å². The average Bonchev–Trinajstić information content (AvgIpc) is 2.27. The largest absolute Gasteiger partial charge is 0.349 e. The summed E-state index contributed by atoms with van der Waals surface area (Å²) in [5.74, 6) is -1.01. The summed E-state index contributed by atoms with van der Waals surface area (Å²) < 4.78 is 0. The van der Waals surface area contributed by atoms with Gasteiger partial charge in [-0.1, -0.05) is 19.9 Å². The lowest BCUT2D eigenvalue weighted by molar-refractivity contribution is -0.136. The van der Waals surface area contributed by atoms with Gasteiger partial charge < -0.3 is 5.32 Å². The minimum absolute atomic E-state index is 0.237. The summed E-state index contributed by atoms with van der Waals surface area (Å²) in [4.78, 5) is 26.0. The number of carbonyl (C=O) groups excluding carboxylic acids is 2. The van der Waals surface area contributed by atoms with E-state index in [2.05, 4.69) is 10.3 Å². The van der Waals surface area contributed by atoms with E-state index in [4.69, 9.17) is 0 Å². The van der Waals surface area contributed by atoms with Crippen molar-refractivity contribution >= 4 is 11.7 Å². The minimum atomic E-state index is -0.544. The molecule has 0 aliphatic heterocycles. The number of rotatable bonds is 4. The second-order valence-electron chi connectivity index (χ2n) is 4.36. The summed E-state index contributed by atoms with van der Waals surface area (Å²) in [6, 6.07) is 3.80. The molecule has 0 bridgehead atoms. The molecule has 1 aromatic rings. The summed E-state index contributed by atoms with van der Waals surface area (Å²) in [7, 11) is 0. The van der Waals surface area contributed by atoms with Crippen LogP contribution in [0.5, 0.6) is 0 Å². The molecule has 0 saturated heterocycles. The maximum absolute atomic E-state index is 11.1. The first-order chi connectivity index (χ1) is 7.43. The zero-order chi connectivity index (χ0) is 12.2. The first kappa shape index (κ1) is 12.4. The predicted molar refractivity (Wildman–Crippen MR) is 61.0 cm³/mol. The molecule has 16 heavy (non-hydrogen) atoms. The molecule has 1 heterocycles. The van der Waals surface area contributed by atoms with E-state index in [1.54, 1.807) is 12.4 Å². The van der Waals surface area contributed by atoms with Gasteiger partial charge in [0.25, 0.3) is 5.91 Å². The van der Waals surface area contributed by atoms with Gasteiger partial charge in [-0.15, -0.1) is 0 Å². The van der Waals surface area contributed by atoms with Crippen molar-refractivity contribution in [2.45, 2.75) is 26.2 Å². The molecule has 1 amide bonds. The second-order valence-corrected chi connectivity index (χ2v) is 4.36. The summed E-state index contributed by atoms with van der Waals surface area (Å²) >= 11 is 0. The van der Waals surface area contributed by atoms with Gasteiger partial charge in [-0.05, 0) is 11.6 Å². The van der Waals surface area contributed by atoms with Gasteiger partial charge in [-0.3, -0.25) is 14.6 Å². The highest BCUT2D eigenvalue weighted by Gasteiger charge is 2.22. The van der Waals surface area contributed by atoms with Crippen molar-refractivity contribution in [1.82, 2.24) is 10.3 Å². The van der Waals surface area contributed by atoms with E-state index < -0.39 is 11.7 Å². The van der Waals surface area contributed by atoms with E-state index in [0.29, 0.717) is 6.54 Å². The Morgan fingerprint density at radius 3 is 2.62 bits per heavy atom. The number of ketones is 1. The summed E-state index contributed by atoms with van der Waals surface area (Å²) in [5.41, 5.74) is 0.790. The summed E-state index contributed by atoms with van der Waals surface area (Å²) in [6.45, 7) is 5.65. The Kier molecular flexibility index (Phi) is 3.77. The van der Waals surface area contributed by atoms with Crippen LogP contribution in [0.2, 0.25) is 0 Å². The quantitative estimate of drug-likeness (QED) is 0.772. The van der Waals surface area contributed by atoms with Gasteiger partial charge in [0.05, 0.1) is 0 Å². The summed E-state index contributed by atoms with van der Waals surface area (Å²) in [6.07, 6.45) is 3.47. The van der Waals surface area contributed by atoms with E-state index in [1.807, 2.05) is 26.0 Å². The molecule has 0 fully saturated rings. The van der Waals surface area contributed by atoms with Crippen LogP contribution in [0.25, 0.3) is 0 Å². The van der Waals surface area contributed by atoms with Crippen molar-refractivity contribution in [3.05, 3.63) is 30.1 Å². The molecule has 0 spiro atoms. The smallest absolute Gasteiger partial charge is 0.287 e. The Morgan fingerprint density at radius 2 is 2.12 bits per heavy atom. The average molecular weight is 220 g/mol. The molecule has 0 aliphatic rings. The van der Waals surface area contributed by atoms with Gasteiger partial charge in [0.2, 0.25) is 5.78 Å². The third-order valence-electron chi connectivity index (χ3n) is 2.45. The topological polar surface area (TPSA) is 59.1 Å². The second kappa shape index (κ2) is 4.88. The van der Waals surface area contributed by atoms with Gasteiger partial charge in [-0.25, -0.2) is 0 Å². The van der Waals surface area contributed by atoms with Crippen molar-refractivity contribution in [2.75, 3.05) is 6.54 Å². The van der Waals surface area contributed by atoms with Gasteiger partial charge in [0, 0.05) is 31.3 Å². The Labute approximate surface area is 95.1 Å². The van der Waals surface area contributed by atoms with E-state index in [-0.39, 0.29) is 5.41 Å². The monoisotopic (exact) mass is 220 g/mol. The molecule has 4 heteroatoms. The number of nitrogens with zero attached hydrogens (tertiary/aromatic N) is 1. The number of amides is 1. The van der Waals surface area contributed by atoms with Crippen LogP contribution in [0.1, 0.15) is 26.3 Å². The number of carbonyl (C=O) groups is 2. The van der Waals surface area contributed by atoms with Crippen molar-refractivity contribution in [3.63, 3.8) is 0 Å². The molecule has 1 rings (SSSR count). The molecule has 4 nitrogen and oxygen atoms in total. The van der Waals surface area contributed by atoms with E-state index in [9.17, 15) is 9.59 Å². The van der Waals surface area contributed by atoms with E-state index in [1.165, 1.54) is 6.92 Å². The first-order valence-corrected chi connectivity index (χ1v) is 5.13. The lowest BCUT2D eigenvalue weighted by Gasteiger charge is -2.24. The maximum atomic E-state index is 11.1. The minimum Gasteiger partial charge on any atom is -0.349 e. The van der Waals surface area contributed by atoms with Crippen LogP contribution in [0.3, 0.4) is 0 Å². The molecule has 0 radical (unpaired) electrons. The van der Waals surface area contributed by atoms with Gasteiger partial charge in [0.1, 0.15) is 0 Å². The highest BCUT2D eigenvalue weighted by atomic mass is 16.2. The van der Waals surface area contributed by atoms with Crippen LogP contribution in [0.4, 0.5) is 0 Å². The highest BCUT2D eigenvalue weighted by Crippen LogP contribution is 2.20. The summed E-state index contributed by atoms with van der Waals surface area (Å²) in [5, 5.41) is 2.60. The van der Waals surface area contributed by atoms with E-state index in [0.717, 1.165) is 5.56 Å². The van der Waals surface area contributed by atoms with Crippen LogP contribution in [-0.4, -0.2) is 23.2 Å². The third kappa shape index (κ3) is 3.15. The number of hydrogen-bond acceptors (Lipinski definition) is 3. The molecule has 0 unspecified atom stereocenters. The molecule has 86 valence electrons. The zero-order valence-electron chi connectivity index (χ0n) is 9.78. The fourth-order valence-electron chi connectivity index (χ4n) is 1.29. The fraction of sp³-hybridized carbons (Fsp3) is 0.417. The first-order valence-electron chi connectivity index (χ1n) is 5.13. The number of aromatic nitrogens is 1. The number of pyridine rings is 1. The van der Waals surface area contributed by atoms with Crippen LogP contribution in [0.15, 0.2) is 24.5 Å². The Hall–Kier alpha value is -1.71. The zero-order valence-corrected chi connectivity index (χ0v) is 9.78. The Morgan fingerprint density at radius 1 is 1.44 bits per heavy atom. The molecule has 0 atom stereocenters. The van der Waals surface area contributed by atoms with Crippen molar-refractivity contribution in [3.8, 4) is 0 Å². The van der Waals surface area contributed by atoms with Gasteiger partial charge >= 0.3 is 0 Å². The van der Waals surface area contributed by atoms with Gasteiger partial charge in [0.15, 0.2) is 0 Å². The molecule has 0 aliphatic carbocycles. The van der Waals surface area contributed by atoms with Crippen LogP contribution in [-0.2, 0) is 15.0 Å². The highest BCUT2D eigenvalue weighted by molar-refractivity contribution is 6.35. The fourth-order valence-corrected chi connectivity index (χ4v) is 1.29. The Balaban J connectivity index is 2.66. The predicted octanol–water partition coefficient (Wildman–Crippen LogP) is 1.06. The van der Waals surface area contributed by atoms with Crippen LogP contribution >= 0.6 is 0 Å². The third-order valence-corrected chi connectivity index (χ3v) is 2.45. The van der Waals surface area contributed by atoms with Gasteiger partial charge in [-0.2, -0.15) is 0 Å². The molecule has 0 aromatic carbocycles. The lowest BCUT2D eigenvalue weighted by atomic mass is 9.85. The molecule has 1 aromatic heterocycles. The molecular weight excluding hydrogens is 204 g/mol. The molecule has 0 saturated carbocycles. The Bertz CT molecular complexity index is 385. The van der Waals surface area contributed by atoms with Crippen LogP contribution < -0.4 is 5.32 Å². The number of Topliss-reactive ketones (excluding diaryl/α,β-unsaturated/α-hetero) is 1. The SMILES string of the molecule is CC(=O)C(=O)NCC(C)(C)c1cccnc1. The maximum Gasteiger partial charge on any atom is 0.287 e. The number of hydrogen-bond donors (Lipinski definition) is 1. The number of nitrogens with one attached hydrogen (secondary N) is 1. The van der Waals surface area contributed by atoms with Crippen LogP contribution in [0, 0.1) is 0 Å². The van der Waals surface area contributed by atoms with Crippen molar-refractivity contribution < 1.29 is 9.59 Å². The molecule has 1 N–H and O–H groups in total.